The number of thiazole rings is 1. The monoisotopic (exact) mass is 465 g/mol. The van der Waals surface area contributed by atoms with Gasteiger partial charge in [0.15, 0.2) is 5.43 Å². The van der Waals surface area contributed by atoms with E-state index < -0.39 is 11.4 Å². The standard InChI is InChI=1S/C25H27N3O4S/c1-13(2)20-7-15-8-23(32-12-19(26)14-3-4-14)17(24-27-5-6-33-24)9-16(15)21-10-22(29)18(25(30)31)11-28(20)21/h5-6,8-11,13-14,19-20H,3-4,7,12,26H2,1-2H3,(H,30,31). The van der Waals surface area contributed by atoms with Crippen molar-refractivity contribution in [3.63, 3.8) is 0 Å². The summed E-state index contributed by atoms with van der Waals surface area (Å²) in [6.07, 6.45) is 6.29. The molecule has 1 aliphatic carbocycles. The molecule has 5 rings (SSSR count). The molecule has 3 N–H and O–H groups in total. The van der Waals surface area contributed by atoms with Gasteiger partial charge in [0, 0.05) is 41.5 Å². The summed E-state index contributed by atoms with van der Waals surface area (Å²) in [4.78, 5) is 28.7. The summed E-state index contributed by atoms with van der Waals surface area (Å²) < 4.78 is 8.19. The number of aromatic nitrogens is 2. The maximum atomic E-state index is 12.6. The minimum absolute atomic E-state index is 0.0160. The Hall–Kier alpha value is -2.97. The average Bonchev–Trinajstić information content (AvgIpc) is 3.50. The minimum atomic E-state index is -1.21. The Bertz CT molecular complexity index is 1260. The zero-order valence-corrected chi connectivity index (χ0v) is 19.5. The third kappa shape index (κ3) is 4.09. The number of carboxylic acids is 1. The van der Waals surface area contributed by atoms with E-state index >= 15 is 0 Å². The van der Waals surface area contributed by atoms with Crippen molar-refractivity contribution < 1.29 is 14.6 Å². The van der Waals surface area contributed by atoms with Crippen LogP contribution in [0.1, 0.15) is 48.7 Å². The summed E-state index contributed by atoms with van der Waals surface area (Å²) in [6, 6.07) is 5.57. The van der Waals surface area contributed by atoms with Crippen LogP contribution in [0.25, 0.3) is 21.8 Å². The van der Waals surface area contributed by atoms with Crippen LogP contribution in [-0.4, -0.2) is 33.3 Å². The van der Waals surface area contributed by atoms with E-state index in [0.717, 1.165) is 46.0 Å². The van der Waals surface area contributed by atoms with Gasteiger partial charge in [0.25, 0.3) is 0 Å². The first kappa shape index (κ1) is 21.9. The maximum Gasteiger partial charge on any atom is 0.341 e. The van der Waals surface area contributed by atoms with E-state index in [-0.39, 0.29) is 23.6 Å². The number of hydrogen-bond donors (Lipinski definition) is 2. The van der Waals surface area contributed by atoms with Crippen molar-refractivity contribution in [2.75, 3.05) is 6.61 Å². The van der Waals surface area contributed by atoms with Crippen molar-refractivity contribution in [2.45, 2.75) is 45.2 Å². The molecule has 0 radical (unpaired) electrons. The Kier molecular flexibility index (Phi) is 5.58. The summed E-state index contributed by atoms with van der Waals surface area (Å²) in [5.41, 5.74) is 9.16. The first-order valence-electron chi connectivity index (χ1n) is 11.3. The van der Waals surface area contributed by atoms with Crippen molar-refractivity contribution >= 4 is 17.3 Å². The lowest BCUT2D eigenvalue weighted by Crippen LogP contribution is -2.30. The van der Waals surface area contributed by atoms with Crippen LogP contribution < -0.4 is 15.9 Å². The predicted octanol–water partition coefficient (Wildman–Crippen LogP) is 4.21. The van der Waals surface area contributed by atoms with Crippen LogP contribution >= 0.6 is 11.3 Å². The fourth-order valence-corrected chi connectivity index (χ4v) is 5.26. The van der Waals surface area contributed by atoms with Crippen LogP contribution in [0.4, 0.5) is 0 Å². The summed E-state index contributed by atoms with van der Waals surface area (Å²) in [5.74, 6) is 0.328. The van der Waals surface area contributed by atoms with Crippen molar-refractivity contribution in [1.82, 2.24) is 9.55 Å². The molecule has 33 heavy (non-hydrogen) atoms. The molecule has 1 fully saturated rings. The molecule has 2 atom stereocenters. The molecule has 0 saturated heterocycles. The molecular formula is C25H27N3O4S. The molecule has 0 spiro atoms. The lowest BCUT2D eigenvalue weighted by molar-refractivity contribution is 0.0694. The Morgan fingerprint density at radius 1 is 1.30 bits per heavy atom. The molecule has 1 saturated carbocycles. The number of aromatic carboxylic acids is 1. The van der Waals surface area contributed by atoms with Gasteiger partial charge in [-0.2, -0.15) is 0 Å². The number of rotatable bonds is 7. The lowest BCUT2D eigenvalue weighted by atomic mass is 9.86. The van der Waals surface area contributed by atoms with Crippen molar-refractivity contribution in [3.05, 3.63) is 57.3 Å². The largest absolute Gasteiger partial charge is 0.491 e. The number of carbonyl (C=O) groups is 1. The first-order chi connectivity index (χ1) is 15.8. The van der Waals surface area contributed by atoms with Crippen LogP contribution in [0.5, 0.6) is 5.75 Å². The highest BCUT2D eigenvalue weighted by Crippen LogP contribution is 2.43. The number of pyridine rings is 1. The van der Waals surface area contributed by atoms with E-state index in [1.165, 1.54) is 23.6 Å². The molecule has 0 amide bonds. The van der Waals surface area contributed by atoms with E-state index in [1.54, 1.807) is 6.20 Å². The molecule has 3 aromatic rings. The Morgan fingerprint density at radius 2 is 2.09 bits per heavy atom. The van der Waals surface area contributed by atoms with Gasteiger partial charge >= 0.3 is 5.97 Å². The summed E-state index contributed by atoms with van der Waals surface area (Å²) in [6.45, 7) is 4.66. The molecule has 2 aliphatic rings. The van der Waals surface area contributed by atoms with E-state index in [2.05, 4.69) is 24.9 Å². The van der Waals surface area contributed by atoms with E-state index in [4.69, 9.17) is 10.5 Å². The second-order valence-corrected chi connectivity index (χ2v) is 10.2. The highest BCUT2D eigenvalue weighted by molar-refractivity contribution is 7.13. The average molecular weight is 466 g/mol. The molecule has 3 heterocycles. The SMILES string of the molecule is CC(C)C1Cc2cc(OCC(N)C3CC3)c(-c3nccs3)cc2-c2cc(=O)c(C(=O)O)cn21. The van der Waals surface area contributed by atoms with Crippen LogP contribution in [0, 0.1) is 11.8 Å². The van der Waals surface area contributed by atoms with Gasteiger partial charge in [-0.25, -0.2) is 9.78 Å². The highest BCUT2D eigenvalue weighted by atomic mass is 32.1. The van der Waals surface area contributed by atoms with Crippen molar-refractivity contribution in [2.24, 2.45) is 17.6 Å². The predicted molar refractivity (Wildman–Crippen MR) is 128 cm³/mol. The smallest absolute Gasteiger partial charge is 0.341 e. The third-order valence-electron chi connectivity index (χ3n) is 6.67. The number of carboxylic acid groups (broad SMARTS) is 1. The molecule has 7 nitrogen and oxygen atoms in total. The second kappa shape index (κ2) is 8.43. The molecule has 2 unspecified atom stereocenters. The number of hydrogen-bond acceptors (Lipinski definition) is 6. The second-order valence-electron chi connectivity index (χ2n) is 9.32. The fourth-order valence-electron chi connectivity index (χ4n) is 4.60. The summed E-state index contributed by atoms with van der Waals surface area (Å²) in [7, 11) is 0. The molecule has 2 aromatic heterocycles. The summed E-state index contributed by atoms with van der Waals surface area (Å²) >= 11 is 1.52. The van der Waals surface area contributed by atoms with Gasteiger partial charge in [-0.15, -0.1) is 11.3 Å². The number of benzene rings is 1. The third-order valence-corrected chi connectivity index (χ3v) is 7.48. The van der Waals surface area contributed by atoms with Crippen LogP contribution in [-0.2, 0) is 6.42 Å². The van der Waals surface area contributed by atoms with Gasteiger partial charge < -0.3 is 20.1 Å². The Morgan fingerprint density at radius 3 is 2.73 bits per heavy atom. The van der Waals surface area contributed by atoms with Gasteiger partial charge in [-0.05, 0) is 48.8 Å². The van der Waals surface area contributed by atoms with Gasteiger partial charge in [0.1, 0.15) is 22.9 Å². The van der Waals surface area contributed by atoms with Gasteiger partial charge in [0.05, 0.1) is 11.3 Å². The van der Waals surface area contributed by atoms with Gasteiger partial charge in [-0.3, -0.25) is 4.79 Å². The normalized spacial score (nSPS) is 18.0. The lowest BCUT2D eigenvalue weighted by Gasteiger charge is -2.34. The molecule has 1 aromatic carbocycles. The Labute approximate surface area is 195 Å². The van der Waals surface area contributed by atoms with E-state index in [1.807, 2.05) is 16.0 Å². The quantitative estimate of drug-likeness (QED) is 0.541. The van der Waals surface area contributed by atoms with Gasteiger partial charge in [-0.1, -0.05) is 13.8 Å². The Balaban J connectivity index is 1.65. The zero-order valence-electron chi connectivity index (χ0n) is 18.7. The van der Waals surface area contributed by atoms with E-state index in [0.29, 0.717) is 18.9 Å². The zero-order chi connectivity index (χ0) is 23.3. The molecule has 8 heteroatoms. The summed E-state index contributed by atoms with van der Waals surface area (Å²) in [5, 5.41) is 12.2. The van der Waals surface area contributed by atoms with Crippen LogP contribution in [0.15, 0.2) is 40.8 Å². The number of nitrogens with two attached hydrogens (primary N) is 1. The van der Waals surface area contributed by atoms with E-state index in [9.17, 15) is 14.7 Å². The minimum Gasteiger partial charge on any atom is -0.491 e. The topological polar surface area (TPSA) is 107 Å². The maximum absolute atomic E-state index is 12.6. The van der Waals surface area contributed by atoms with Gasteiger partial charge in [0.2, 0.25) is 0 Å². The number of fused-ring (bicyclic) bond motifs is 3. The van der Waals surface area contributed by atoms with Crippen LogP contribution in [0.3, 0.4) is 0 Å². The molecule has 172 valence electrons. The van der Waals surface area contributed by atoms with Crippen molar-refractivity contribution in [1.29, 1.82) is 0 Å². The number of nitrogens with zero attached hydrogens (tertiary/aromatic N) is 2. The first-order valence-corrected chi connectivity index (χ1v) is 12.2. The van der Waals surface area contributed by atoms with Crippen molar-refractivity contribution in [3.8, 4) is 27.6 Å². The van der Waals surface area contributed by atoms with Crippen LogP contribution in [0.2, 0.25) is 0 Å². The molecular weight excluding hydrogens is 438 g/mol. The molecule has 1 aliphatic heterocycles. The fraction of sp³-hybridized carbons (Fsp3) is 0.400. The number of ether oxygens (including phenoxy) is 1. The molecule has 0 bridgehead atoms. The highest BCUT2D eigenvalue weighted by Gasteiger charge is 2.31.